The van der Waals surface area contributed by atoms with Gasteiger partial charge in [-0.1, -0.05) is 13.8 Å². The van der Waals surface area contributed by atoms with Gasteiger partial charge in [-0.05, 0) is 39.0 Å². The average Bonchev–Trinajstić information content (AvgIpc) is 2.86. The van der Waals surface area contributed by atoms with Crippen LogP contribution >= 0.6 is 0 Å². The highest BCUT2D eigenvalue weighted by molar-refractivity contribution is 5.90. The number of hydrogen-bond donors (Lipinski definition) is 0. The van der Waals surface area contributed by atoms with Crippen LogP contribution in [0.2, 0.25) is 0 Å². The topological polar surface area (TPSA) is 46.6 Å². The molecule has 1 aliphatic carbocycles. The lowest BCUT2D eigenvalue weighted by molar-refractivity contribution is -0.127. The van der Waals surface area contributed by atoms with Crippen molar-refractivity contribution in [2.75, 3.05) is 6.54 Å². The molecule has 0 aromatic heterocycles. The van der Waals surface area contributed by atoms with Crippen LogP contribution in [0.25, 0.3) is 0 Å². The third-order valence-electron chi connectivity index (χ3n) is 3.64. The van der Waals surface area contributed by atoms with Crippen molar-refractivity contribution in [2.24, 2.45) is 17.8 Å². The van der Waals surface area contributed by atoms with E-state index in [4.69, 9.17) is 4.74 Å². The van der Waals surface area contributed by atoms with Gasteiger partial charge < -0.3 is 4.74 Å². The van der Waals surface area contributed by atoms with Crippen LogP contribution in [-0.2, 0) is 9.53 Å². The maximum absolute atomic E-state index is 12.2. The minimum absolute atomic E-state index is 0.0284. The predicted octanol–water partition coefficient (Wildman–Crippen LogP) is 2.47. The number of hydrogen-bond acceptors (Lipinski definition) is 3. The zero-order valence-electron chi connectivity index (χ0n) is 11.9. The number of carbonyl (C=O) groups is 2. The summed E-state index contributed by atoms with van der Waals surface area (Å²) in [6.07, 6.45) is 0.747. The van der Waals surface area contributed by atoms with Crippen LogP contribution in [0.5, 0.6) is 0 Å². The van der Waals surface area contributed by atoms with Crippen LogP contribution in [-0.4, -0.2) is 35.0 Å². The molecule has 102 valence electrons. The van der Waals surface area contributed by atoms with Crippen molar-refractivity contribution in [2.45, 2.75) is 52.7 Å². The summed E-state index contributed by atoms with van der Waals surface area (Å²) in [5.41, 5.74) is -0.505. The quantitative estimate of drug-likeness (QED) is 0.759. The van der Waals surface area contributed by atoms with E-state index in [9.17, 15) is 9.59 Å². The minimum Gasteiger partial charge on any atom is -0.444 e. The molecule has 4 nitrogen and oxygen atoms in total. The first-order chi connectivity index (χ1) is 8.20. The van der Waals surface area contributed by atoms with Gasteiger partial charge in [-0.3, -0.25) is 9.69 Å². The molecular formula is C14H23NO3. The number of rotatable bonds is 2. The lowest BCUT2D eigenvalue weighted by atomic mass is 9.98. The van der Waals surface area contributed by atoms with Gasteiger partial charge >= 0.3 is 6.09 Å². The number of likely N-dealkylation sites (tertiary alicyclic amines) is 1. The van der Waals surface area contributed by atoms with Gasteiger partial charge in [0.25, 0.3) is 0 Å². The van der Waals surface area contributed by atoms with Crippen molar-refractivity contribution in [1.29, 1.82) is 0 Å². The van der Waals surface area contributed by atoms with E-state index in [2.05, 4.69) is 0 Å². The molecule has 1 heterocycles. The van der Waals surface area contributed by atoms with E-state index in [0.717, 1.165) is 6.42 Å². The number of Topliss-reactive ketones (excluding diaryl/α,β-unsaturated/α-hetero) is 1. The monoisotopic (exact) mass is 253 g/mol. The van der Waals surface area contributed by atoms with E-state index in [1.807, 2.05) is 34.6 Å². The van der Waals surface area contributed by atoms with Crippen molar-refractivity contribution < 1.29 is 14.3 Å². The lowest BCUT2D eigenvalue weighted by Gasteiger charge is -2.30. The summed E-state index contributed by atoms with van der Waals surface area (Å²) in [5, 5.41) is 0. The second-order valence-electron chi connectivity index (χ2n) is 6.79. The van der Waals surface area contributed by atoms with Gasteiger partial charge in [-0.25, -0.2) is 4.79 Å². The van der Waals surface area contributed by atoms with Gasteiger partial charge in [0.1, 0.15) is 5.60 Å². The van der Waals surface area contributed by atoms with Crippen LogP contribution in [0, 0.1) is 17.8 Å². The van der Waals surface area contributed by atoms with Crippen molar-refractivity contribution in [3.63, 3.8) is 0 Å². The van der Waals surface area contributed by atoms with Crippen LogP contribution in [0.3, 0.4) is 0 Å². The molecule has 2 fully saturated rings. The van der Waals surface area contributed by atoms with E-state index < -0.39 is 5.60 Å². The van der Waals surface area contributed by atoms with Crippen LogP contribution < -0.4 is 0 Å². The molecule has 4 heteroatoms. The highest BCUT2D eigenvalue weighted by atomic mass is 16.6. The SMILES string of the molecule is CC(C)C(=O)[C@@H]1C2C[C@@H]2CN1C(=O)OC(C)(C)C. The number of fused-ring (bicyclic) bond motifs is 1. The minimum atomic E-state index is -0.505. The molecule has 0 bridgehead atoms. The summed E-state index contributed by atoms with van der Waals surface area (Å²) in [4.78, 5) is 26.0. The Balaban J connectivity index is 2.08. The van der Waals surface area contributed by atoms with Crippen molar-refractivity contribution in [1.82, 2.24) is 4.90 Å². The third-order valence-corrected chi connectivity index (χ3v) is 3.64. The molecule has 1 amide bonds. The Kier molecular flexibility index (Phi) is 3.16. The number of amides is 1. The normalized spacial score (nSPS) is 30.3. The summed E-state index contributed by atoms with van der Waals surface area (Å²) >= 11 is 0. The fourth-order valence-corrected chi connectivity index (χ4v) is 2.68. The molecule has 0 aromatic rings. The molecule has 0 radical (unpaired) electrons. The second-order valence-corrected chi connectivity index (χ2v) is 6.79. The number of piperidine rings is 1. The Morgan fingerprint density at radius 3 is 2.39 bits per heavy atom. The van der Waals surface area contributed by atoms with E-state index in [0.29, 0.717) is 18.4 Å². The fourth-order valence-electron chi connectivity index (χ4n) is 2.68. The first-order valence-electron chi connectivity index (χ1n) is 6.74. The van der Waals surface area contributed by atoms with Crippen molar-refractivity contribution in [3.8, 4) is 0 Å². The first-order valence-corrected chi connectivity index (χ1v) is 6.74. The summed E-state index contributed by atoms with van der Waals surface area (Å²) < 4.78 is 5.39. The first kappa shape index (κ1) is 13.4. The molecule has 18 heavy (non-hydrogen) atoms. The maximum Gasteiger partial charge on any atom is 0.410 e. The van der Waals surface area contributed by atoms with Crippen LogP contribution in [0.1, 0.15) is 41.0 Å². The Hall–Kier alpha value is -1.06. The van der Waals surface area contributed by atoms with Gasteiger partial charge in [0.05, 0.1) is 6.04 Å². The van der Waals surface area contributed by atoms with Crippen LogP contribution in [0.15, 0.2) is 0 Å². The number of ether oxygens (including phenoxy) is 1. The van der Waals surface area contributed by atoms with Gasteiger partial charge in [-0.2, -0.15) is 0 Å². The Labute approximate surface area is 109 Å². The fraction of sp³-hybridized carbons (Fsp3) is 0.857. The molecule has 1 saturated carbocycles. The van der Waals surface area contributed by atoms with E-state index in [-0.39, 0.29) is 23.8 Å². The highest BCUT2D eigenvalue weighted by Crippen LogP contribution is 2.50. The van der Waals surface area contributed by atoms with E-state index in [1.54, 1.807) is 4.90 Å². The third kappa shape index (κ3) is 2.52. The summed E-state index contributed by atoms with van der Waals surface area (Å²) in [5.74, 6) is 1.04. The van der Waals surface area contributed by atoms with Gasteiger partial charge in [0.2, 0.25) is 0 Å². The molecular weight excluding hydrogens is 230 g/mol. The van der Waals surface area contributed by atoms with Gasteiger partial charge in [0.15, 0.2) is 5.78 Å². The Morgan fingerprint density at radius 2 is 1.89 bits per heavy atom. The summed E-state index contributed by atoms with van der Waals surface area (Å²) in [6, 6.07) is -0.246. The molecule has 2 aliphatic rings. The molecule has 0 aromatic carbocycles. The number of carbonyl (C=O) groups excluding carboxylic acids is 2. The zero-order chi connectivity index (χ0) is 13.7. The van der Waals surface area contributed by atoms with E-state index >= 15 is 0 Å². The summed E-state index contributed by atoms with van der Waals surface area (Å²) in [7, 11) is 0. The largest absolute Gasteiger partial charge is 0.444 e. The second kappa shape index (κ2) is 4.25. The molecule has 0 N–H and O–H groups in total. The zero-order valence-corrected chi connectivity index (χ0v) is 11.9. The average molecular weight is 253 g/mol. The lowest BCUT2D eigenvalue weighted by Crippen LogP contribution is -2.46. The molecule has 3 atom stereocenters. The maximum atomic E-state index is 12.2. The molecule has 2 rings (SSSR count). The van der Waals surface area contributed by atoms with E-state index in [1.165, 1.54) is 0 Å². The number of nitrogens with zero attached hydrogens (tertiary/aromatic N) is 1. The Bertz CT molecular complexity index is 370. The number of ketones is 1. The smallest absolute Gasteiger partial charge is 0.410 e. The predicted molar refractivity (Wildman–Crippen MR) is 68.2 cm³/mol. The standard InChI is InChI=1S/C14H23NO3/c1-8(2)12(16)11-10-6-9(10)7-15(11)13(17)18-14(3,4)5/h8-11H,6-7H2,1-5H3/t9-,10?,11+/m1/s1. The van der Waals surface area contributed by atoms with Crippen LogP contribution in [0.4, 0.5) is 4.79 Å². The highest BCUT2D eigenvalue weighted by Gasteiger charge is 2.57. The molecule has 1 saturated heterocycles. The molecule has 1 unspecified atom stereocenters. The summed E-state index contributed by atoms with van der Waals surface area (Å²) in [6.45, 7) is 10.0. The molecule has 0 spiro atoms. The molecule has 1 aliphatic heterocycles. The van der Waals surface area contributed by atoms with Gasteiger partial charge in [0, 0.05) is 12.5 Å². The van der Waals surface area contributed by atoms with Gasteiger partial charge in [-0.15, -0.1) is 0 Å². The van der Waals surface area contributed by atoms with Crippen molar-refractivity contribution >= 4 is 11.9 Å². The Morgan fingerprint density at radius 1 is 1.28 bits per heavy atom. The van der Waals surface area contributed by atoms with Crippen molar-refractivity contribution in [3.05, 3.63) is 0 Å².